The topological polar surface area (TPSA) is 88.2 Å². The minimum absolute atomic E-state index is 0.0181. The quantitative estimate of drug-likeness (QED) is 0.289. The van der Waals surface area contributed by atoms with Crippen LogP contribution < -0.4 is 5.73 Å². The molecule has 7 heteroatoms. The van der Waals surface area contributed by atoms with Crippen molar-refractivity contribution in [3.63, 3.8) is 0 Å². The Kier molecular flexibility index (Phi) is 5.16. The fraction of sp³-hybridized carbons (Fsp3) is 0.500. The second kappa shape index (κ2) is 6.76. The maximum Gasteiger partial charge on any atom is 0.312 e. The third kappa shape index (κ3) is 4.59. The molecule has 126 valence electrons. The van der Waals surface area contributed by atoms with Crippen LogP contribution in [0.4, 0.5) is 0 Å². The predicted octanol–water partition coefficient (Wildman–Crippen LogP) is 2.21. The number of carbonyl (C=O) groups excluding carboxylic acids is 1. The Morgan fingerprint density at radius 2 is 2.13 bits per heavy atom. The molecule has 1 aliphatic rings. The molecule has 0 bridgehead atoms. The van der Waals surface area contributed by atoms with Gasteiger partial charge in [-0.25, -0.2) is 0 Å². The first-order valence-corrected chi connectivity index (χ1v) is 7.79. The van der Waals surface area contributed by atoms with Gasteiger partial charge in [-0.1, -0.05) is 22.8 Å². The highest BCUT2D eigenvalue weighted by Gasteiger charge is 2.35. The lowest BCUT2D eigenvalue weighted by atomic mass is 9.98. The van der Waals surface area contributed by atoms with Crippen LogP contribution >= 0.6 is 11.6 Å². The van der Waals surface area contributed by atoms with E-state index in [1.165, 1.54) is 0 Å². The Labute approximate surface area is 140 Å². The highest BCUT2D eigenvalue weighted by atomic mass is 35.5. The molecular weight excluding hydrogens is 318 g/mol. The van der Waals surface area contributed by atoms with Gasteiger partial charge in [-0.2, -0.15) is 0 Å². The molecule has 1 aliphatic heterocycles. The Morgan fingerprint density at radius 1 is 1.48 bits per heavy atom. The van der Waals surface area contributed by atoms with Gasteiger partial charge in [-0.05, 0) is 38.5 Å². The average Bonchev–Trinajstić information content (AvgIpc) is 2.39. The second-order valence-electron chi connectivity index (χ2n) is 6.72. The molecule has 1 fully saturated rings. The van der Waals surface area contributed by atoms with Crippen molar-refractivity contribution in [3.05, 3.63) is 34.3 Å². The summed E-state index contributed by atoms with van der Waals surface area (Å²) in [6.07, 6.45) is 0. The van der Waals surface area contributed by atoms with E-state index in [-0.39, 0.29) is 17.7 Å². The standard InChI is InChI=1S/C16H22ClN3O3/c1-16(2,3)23-15(21)11-8-20(9-11)7-10-4-5-12(13(17)6-10)14(18)19-22/h4-6,11,22H,7-9H2,1-3H3,(H2,18,19). The van der Waals surface area contributed by atoms with Crippen LogP contribution in [0.25, 0.3) is 0 Å². The number of amidine groups is 1. The van der Waals surface area contributed by atoms with Crippen molar-refractivity contribution in [1.29, 1.82) is 0 Å². The molecule has 1 heterocycles. The van der Waals surface area contributed by atoms with Crippen molar-refractivity contribution in [3.8, 4) is 0 Å². The molecule has 0 spiro atoms. The van der Waals surface area contributed by atoms with E-state index in [4.69, 9.17) is 27.3 Å². The number of esters is 1. The van der Waals surface area contributed by atoms with Gasteiger partial charge in [-0.3, -0.25) is 9.69 Å². The van der Waals surface area contributed by atoms with E-state index >= 15 is 0 Å². The van der Waals surface area contributed by atoms with E-state index in [1.807, 2.05) is 26.8 Å². The average molecular weight is 340 g/mol. The lowest BCUT2D eigenvalue weighted by molar-refractivity contribution is -0.166. The van der Waals surface area contributed by atoms with Gasteiger partial charge in [0.15, 0.2) is 5.84 Å². The Hall–Kier alpha value is -1.79. The molecule has 23 heavy (non-hydrogen) atoms. The van der Waals surface area contributed by atoms with Crippen molar-refractivity contribution in [2.75, 3.05) is 13.1 Å². The maximum atomic E-state index is 11.9. The van der Waals surface area contributed by atoms with Crippen LogP contribution in [0.15, 0.2) is 23.4 Å². The molecule has 2 rings (SSSR count). The van der Waals surface area contributed by atoms with Crippen molar-refractivity contribution >= 4 is 23.4 Å². The number of nitrogens with zero attached hydrogens (tertiary/aromatic N) is 2. The van der Waals surface area contributed by atoms with E-state index in [0.717, 1.165) is 5.56 Å². The summed E-state index contributed by atoms with van der Waals surface area (Å²) < 4.78 is 5.38. The molecular formula is C16H22ClN3O3. The third-order valence-electron chi connectivity index (χ3n) is 3.52. The zero-order valence-corrected chi connectivity index (χ0v) is 14.3. The number of carbonyl (C=O) groups is 1. The molecule has 1 aromatic carbocycles. The molecule has 1 aromatic rings. The van der Waals surface area contributed by atoms with Gasteiger partial charge in [0, 0.05) is 25.2 Å². The number of benzene rings is 1. The van der Waals surface area contributed by atoms with Gasteiger partial charge < -0.3 is 15.7 Å². The van der Waals surface area contributed by atoms with Crippen molar-refractivity contribution < 1.29 is 14.7 Å². The first-order valence-electron chi connectivity index (χ1n) is 7.41. The normalized spacial score (nSPS) is 17.0. The minimum atomic E-state index is -0.449. The number of nitrogens with two attached hydrogens (primary N) is 1. The summed E-state index contributed by atoms with van der Waals surface area (Å²) in [6, 6.07) is 5.38. The van der Waals surface area contributed by atoms with Gasteiger partial charge in [0.05, 0.1) is 10.9 Å². The minimum Gasteiger partial charge on any atom is -0.460 e. The summed E-state index contributed by atoms with van der Waals surface area (Å²) in [5, 5.41) is 12.1. The van der Waals surface area contributed by atoms with E-state index in [0.29, 0.717) is 30.2 Å². The molecule has 0 aromatic heterocycles. The van der Waals surface area contributed by atoms with Crippen molar-refractivity contribution in [2.24, 2.45) is 16.8 Å². The van der Waals surface area contributed by atoms with Crippen molar-refractivity contribution in [1.82, 2.24) is 4.90 Å². The zero-order valence-electron chi connectivity index (χ0n) is 13.5. The summed E-state index contributed by atoms with van der Waals surface area (Å²) in [5.74, 6) is -0.231. The Balaban J connectivity index is 1.89. The van der Waals surface area contributed by atoms with E-state index in [9.17, 15) is 4.79 Å². The maximum absolute atomic E-state index is 11.9. The molecule has 0 amide bonds. The fourth-order valence-corrected chi connectivity index (χ4v) is 2.71. The van der Waals surface area contributed by atoms with Crippen LogP contribution in [0.3, 0.4) is 0 Å². The summed E-state index contributed by atoms with van der Waals surface area (Å²) in [5.41, 5.74) is 6.59. The lowest BCUT2D eigenvalue weighted by Crippen LogP contribution is -2.51. The number of halogens is 1. The van der Waals surface area contributed by atoms with Gasteiger partial charge in [0.25, 0.3) is 0 Å². The van der Waals surface area contributed by atoms with Crippen molar-refractivity contribution in [2.45, 2.75) is 32.9 Å². The number of hydrogen-bond acceptors (Lipinski definition) is 5. The molecule has 0 unspecified atom stereocenters. The molecule has 0 atom stereocenters. The van der Waals surface area contributed by atoms with Gasteiger partial charge >= 0.3 is 5.97 Å². The highest BCUT2D eigenvalue weighted by molar-refractivity contribution is 6.34. The second-order valence-corrected chi connectivity index (χ2v) is 7.13. The molecule has 0 radical (unpaired) electrons. The summed E-state index contributed by atoms with van der Waals surface area (Å²) in [6.45, 7) is 7.64. The van der Waals surface area contributed by atoms with Crippen LogP contribution in [0.5, 0.6) is 0 Å². The van der Waals surface area contributed by atoms with Gasteiger partial charge in [0.1, 0.15) is 5.60 Å². The summed E-state index contributed by atoms with van der Waals surface area (Å²) >= 11 is 6.13. The first kappa shape index (κ1) is 17.6. The molecule has 3 N–H and O–H groups in total. The van der Waals surface area contributed by atoms with Crippen LogP contribution in [-0.4, -0.2) is 40.6 Å². The Bertz CT molecular complexity index is 619. The molecule has 0 saturated carbocycles. The number of hydrogen-bond donors (Lipinski definition) is 2. The fourth-order valence-electron chi connectivity index (χ4n) is 2.41. The van der Waals surface area contributed by atoms with E-state index in [1.54, 1.807) is 12.1 Å². The third-order valence-corrected chi connectivity index (χ3v) is 3.83. The van der Waals surface area contributed by atoms with E-state index < -0.39 is 5.60 Å². The SMILES string of the molecule is CC(C)(C)OC(=O)C1CN(Cc2ccc(C(N)=NO)c(Cl)c2)C1. The predicted molar refractivity (Wildman–Crippen MR) is 88.6 cm³/mol. The summed E-state index contributed by atoms with van der Waals surface area (Å²) in [4.78, 5) is 14.1. The summed E-state index contributed by atoms with van der Waals surface area (Å²) in [7, 11) is 0. The highest BCUT2D eigenvalue weighted by Crippen LogP contribution is 2.24. The number of oxime groups is 1. The zero-order chi connectivity index (χ0) is 17.2. The molecule has 1 saturated heterocycles. The van der Waals surface area contributed by atoms with Crippen LogP contribution in [0.1, 0.15) is 31.9 Å². The molecule has 0 aliphatic carbocycles. The number of rotatable bonds is 4. The van der Waals surface area contributed by atoms with Gasteiger partial charge in [-0.15, -0.1) is 0 Å². The largest absolute Gasteiger partial charge is 0.460 e. The lowest BCUT2D eigenvalue weighted by Gasteiger charge is -2.38. The number of likely N-dealkylation sites (tertiary alicyclic amines) is 1. The Morgan fingerprint density at radius 3 is 2.65 bits per heavy atom. The number of ether oxygens (including phenoxy) is 1. The van der Waals surface area contributed by atoms with Gasteiger partial charge in [0.2, 0.25) is 0 Å². The van der Waals surface area contributed by atoms with E-state index in [2.05, 4.69) is 10.1 Å². The molecule has 6 nitrogen and oxygen atoms in total. The van der Waals surface area contributed by atoms with Crippen LogP contribution in [0, 0.1) is 5.92 Å². The van der Waals surface area contributed by atoms with Crippen LogP contribution in [-0.2, 0) is 16.1 Å². The first-order chi connectivity index (χ1) is 10.7. The monoisotopic (exact) mass is 339 g/mol. The smallest absolute Gasteiger partial charge is 0.312 e. The van der Waals surface area contributed by atoms with Crippen LogP contribution in [0.2, 0.25) is 5.02 Å².